The minimum Gasteiger partial charge on any atom is -0.356 e. The number of pyridine rings is 1. The molecule has 124 valence electrons. The standard InChI is InChI=1S/C18H21N5O/c1-3-14-9-13(5-6-19-14)18(24)23-10-15-16(11-23)20-12(2)21-17(15)22-7-4-8-22/h5-6,9H,3-4,7-8,10-11H2,1-2H3. The summed E-state index contributed by atoms with van der Waals surface area (Å²) in [6.45, 7) is 7.19. The average Bonchev–Trinajstić information content (AvgIpc) is 2.96. The Morgan fingerprint density at radius 1 is 1.25 bits per heavy atom. The molecule has 4 heterocycles. The van der Waals surface area contributed by atoms with Gasteiger partial charge in [0.2, 0.25) is 0 Å². The van der Waals surface area contributed by atoms with Crippen molar-refractivity contribution in [1.29, 1.82) is 0 Å². The minimum atomic E-state index is 0.0392. The van der Waals surface area contributed by atoms with Gasteiger partial charge in [-0.25, -0.2) is 9.97 Å². The number of fused-ring (bicyclic) bond motifs is 1. The van der Waals surface area contributed by atoms with Gasteiger partial charge >= 0.3 is 0 Å². The van der Waals surface area contributed by atoms with Crippen molar-refractivity contribution in [3.05, 3.63) is 46.7 Å². The number of hydrogen-bond acceptors (Lipinski definition) is 5. The van der Waals surface area contributed by atoms with Crippen LogP contribution in [0.15, 0.2) is 18.3 Å². The number of hydrogen-bond donors (Lipinski definition) is 0. The van der Waals surface area contributed by atoms with Gasteiger partial charge in [0, 0.05) is 36.1 Å². The van der Waals surface area contributed by atoms with Gasteiger partial charge in [-0.1, -0.05) is 6.92 Å². The first-order chi connectivity index (χ1) is 11.7. The fourth-order valence-electron chi connectivity index (χ4n) is 3.28. The number of aromatic nitrogens is 3. The second-order valence-corrected chi connectivity index (χ2v) is 6.41. The van der Waals surface area contributed by atoms with E-state index < -0.39 is 0 Å². The summed E-state index contributed by atoms with van der Waals surface area (Å²) in [7, 11) is 0. The van der Waals surface area contributed by atoms with Crippen molar-refractivity contribution in [3.63, 3.8) is 0 Å². The topological polar surface area (TPSA) is 62.2 Å². The van der Waals surface area contributed by atoms with Crippen LogP contribution in [0.1, 0.15) is 46.5 Å². The lowest BCUT2D eigenvalue weighted by Crippen LogP contribution is -2.38. The Labute approximate surface area is 141 Å². The maximum atomic E-state index is 12.9. The molecule has 6 heteroatoms. The number of carbonyl (C=O) groups excluding carboxylic acids is 1. The molecule has 2 aromatic rings. The highest BCUT2D eigenvalue weighted by Gasteiger charge is 2.31. The van der Waals surface area contributed by atoms with E-state index in [4.69, 9.17) is 0 Å². The van der Waals surface area contributed by atoms with Crippen LogP contribution in [0.4, 0.5) is 5.82 Å². The van der Waals surface area contributed by atoms with Crippen molar-refractivity contribution in [3.8, 4) is 0 Å². The summed E-state index contributed by atoms with van der Waals surface area (Å²) >= 11 is 0. The zero-order valence-electron chi connectivity index (χ0n) is 14.1. The van der Waals surface area contributed by atoms with Crippen LogP contribution in [0, 0.1) is 6.92 Å². The van der Waals surface area contributed by atoms with Crippen LogP contribution < -0.4 is 4.90 Å². The smallest absolute Gasteiger partial charge is 0.254 e. The summed E-state index contributed by atoms with van der Waals surface area (Å²) in [6.07, 6.45) is 3.74. The first-order valence-corrected chi connectivity index (χ1v) is 8.51. The van der Waals surface area contributed by atoms with E-state index in [0.717, 1.165) is 48.1 Å². The van der Waals surface area contributed by atoms with Gasteiger partial charge in [-0.3, -0.25) is 9.78 Å². The summed E-state index contributed by atoms with van der Waals surface area (Å²) in [5, 5.41) is 0. The molecule has 0 atom stereocenters. The van der Waals surface area contributed by atoms with Crippen LogP contribution in [0.5, 0.6) is 0 Å². The third-order valence-corrected chi connectivity index (χ3v) is 4.74. The summed E-state index contributed by atoms with van der Waals surface area (Å²) in [5.41, 5.74) is 3.74. The molecule has 2 aliphatic rings. The van der Waals surface area contributed by atoms with E-state index in [0.29, 0.717) is 18.7 Å². The van der Waals surface area contributed by atoms with Gasteiger partial charge < -0.3 is 9.80 Å². The fraction of sp³-hybridized carbons (Fsp3) is 0.444. The molecule has 2 aliphatic heterocycles. The van der Waals surface area contributed by atoms with Crippen LogP contribution in [-0.2, 0) is 19.5 Å². The Hall–Kier alpha value is -2.50. The van der Waals surface area contributed by atoms with E-state index in [1.165, 1.54) is 6.42 Å². The molecule has 24 heavy (non-hydrogen) atoms. The summed E-state index contributed by atoms with van der Waals surface area (Å²) in [6, 6.07) is 3.68. The van der Waals surface area contributed by atoms with Gasteiger partial charge in [0.15, 0.2) is 0 Å². The molecule has 0 spiro atoms. The maximum absolute atomic E-state index is 12.9. The van der Waals surface area contributed by atoms with E-state index in [2.05, 4.69) is 19.9 Å². The minimum absolute atomic E-state index is 0.0392. The molecular formula is C18H21N5O. The lowest BCUT2D eigenvalue weighted by Gasteiger charge is -2.33. The number of aryl methyl sites for hydroxylation is 2. The molecule has 1 saturated heterocycles. The quantitative estimate of drug-likeness (QED) is 0.866. The van der Waals surface area contributed by atoms with Crippen LogP contribution >= 0.6 is 0 Å². The summed E-state index contributed by atoms with van der Waals surface area (Å²) in [5.74, 6) is 1.84. The molecule has 6 nitrogen and oxygen atoms in total. The molecule has 2 aromatic heterocycles. The highest BCUT2D eigenvalue weighted by molar-refractivity contribution is 5.94. The van der Waals surface area contributed by atoms with Crippen LogP contribution in [-0.4, -0.2) is 38.8 Å². The highest BCUT2D eigenvalue weighted by Crippen LogP contribution is 2.32. The monoisotopic (exact) mass is 323 g/mol. The summed E-state index contributed by atoms with van der Waals surface area (Å²) < 4.78 is 0. The zero-order chi connectivity index (χ0) is 16.7. The van der Waals surface area contributed by atoms with Gasteiger partial charge in [-0.2, -0.15) is 0 Å². The third kappa shape index (κ3) is 2.52. The van der Waals surface area contributed by atoms with E-state index >= 15 is 0 Å². The van der Waals surface area contributed by atoms with Crippen molar-refractivity contribution in [1.82, 2.24) is 19.9 Å². The van der Waals surface area contributed by atoms with E-state index in [9.17, 15) is 4.79 Å². The Morgan fingerprint density at radius 3 is 2.79 bits per heavy atom. The number of anilines is 1. The molecule has 0 unspecified atom stereocenters. The molecule has 0 aromatic carbocycles. The van der Waals surface area contributed by atoms with Gasteiger partial charge in [0.25, 0.3) is 5.91 Å². The predicted molar refractivity (Wildman–Crippen MR) is 90.8 cm³/mol. The van der Waals surface area contributed by atoms with Crippen LogP contribution in [0.3, 0.4) is 0 Å². The lowest BCUT2D eigenvalue weighted by atomic mass is 10.1. The van der Waals surface area contributed by atoms with Crippen molar-refractivity contribution < 1.29 is 4.79 Å². The van der Waals surface area contributed by atoms with Crippen molar-refractivity contribution in [2.24, 2.45) is 0 Å². The molecule has 0 saturated carbocycles. The van der Waals surface area contributed by atoms with Gasteiger partial charge in [0.1, 0.15) is 11.6 Å². The van der Waals surface area contributed by atoms with Crippen molar-refractivity contribution >= 4 is 11.7 Å². The SMILES string of the molecule is CCc1cc(C(=O)N2Cc3nc(C)nc(N4CCC4)c3C2)ccn1. The third-order valence-electron chi connectivity index (χ3n) is 4.74. The molecular weight excluding hydrogens is 302 g/mol. The van der Waals surface area contributed by atoms with Gasteiger partial charge in [-0.15, -0.1) is 0 Å². The van der Waals surface area contributed by atoms with E-state index in [-0.39, 0.29) is 5.91 Å². The lowest BCUT2D eigenvalue weighted by molar-refractivity contribution is 0.0750. The van der Waals surface area contributed by atoms with E-state index in [1.54, 1.807) is 12.3 Å². The predicted octanol–water partition coefficient (Wildman–Crippen LogP) is 2.11. The molecule has 0 radical (unpaired) electrons. The van der Waals surface area contributed by atoms with Crippen molar-refractivity contribution in [2.45, 2.75) is 39.8 Å². The Morgan fingerprint density at radius 2 is 2.08 bits per heavy atom. The number of rotatable bonds is 3. The largest absolute Gasteiger partial charge is 0.356 e. The molecule has 0 aliphatic carbocycles. The molecule has 0 N–H and O–H groups in total. The molecule has 1 amide bonds. The first-order valence-electron chi connectivity index (χ1n) is 8.51. The van der Waals surface area contributed by atoms with Crippen LogP contribution in [0.25, 0.3) is 0 Å². The summed E-state index contributed by atoms with van der Waals surface area (Å²) in [4.78, 5) is 30.5. The van der Waals surface area contributed by atoms with E-state index in [1.807, 2.05) is 24.8 Å². The Bertz CT molecular complexity index is 800. The maximum Gasteiger partial charge on any atom is 0.254 e. The normalized spacial score (nSPS) is 16.1. The van der Waals surface area contributed by atoms with Crippen molar-refractivity contribution in [2.75, 3.05) is 18.0 Å². The number of carbonyl (C=O) groups is 1. The second kappa shape index (κ2) is 5.85. The molecule has 4 rings (SSSR count). The average molecular weight is 323 g/mol. The molecule has 0 bridgehead atoms. The van der Waals surface area contributed by atoms with Gasteiger partial charge in [0.05, 0.1) is 18.8 Å². The Balaban J connectivity index is 1.62. The van der Waals surface area contributed by atoms with Gasteiger partial charge in [-0.05, 0) is 31.9 Å². The fourth-order valence-corrected chi connectivity index (χ4v) is 3.28. The van der Waals surface area contributed by atoms with Crippen LogP contribution in [0.2, 0.25) is 0 Å². The molecule has 1 fully saturated rings. The highest BCUT2D eigenvalue weighted by atomic mass is 16.2. The number of amides is 1. The zero-order valence-corrected chi connectivity index (χ0v) is 14.1. The first kappa shape index (κ1) is 15.1. The number of nitrogens with zero attached hydrogens (tertiary/aromatic N) is 5. The Kier molecular flexibility index (Phi) is 3.67. The second-order valence-electron chi connectivity index (χ2n) is 6.41.